The minimum Gasteiger partial charge on any atom is -0.310 e. The molecule has 8 rings (SSSR count). The van der Waals surface area contributed by atoms with Crippen LogP contribution in [-0.4, -0.2) is 0 Å². The van der Waals surface area contributed by atoms with Gasteiger partial charge < -0.3 is 4.90 Å². The van der Waals surface area contributed by atoms with Crippen LogP contribution in [0.2, 0.25) is 0 Å². The Kier molecular flexibility index (Phi) is 12.6. The second-order valence-electron chi connectivity index (χ2n) is 17.2. The van der Waals surface area contributed by atoms with Gasteiger partial charge in [0, 0.05) is 22.5 Å². The van der Waals surface area contributed by atoms with Crippen LogP contribution >= 0.6 is 0 Å². The van der Waals surface area contributed by atoms with Gasteiger partial charge in [-0.1, -0.05) is 192 Å². The van der Waals surface area contributed by atoms with Gasteiger partial charge in [0.1, 0.15) is 0 Å². The molecule has 2 aliphatic carbocycles. The van der Waals surface area contributed by atoms with Crippen molar-refractivity contribution in [1.82, 2.24) is 0 Å². The normalized spacial score (nSPS) is 16.0. The van der Waals surface area contributed by atoms with Crippen LogP contribution in [0.3, 0.4) is 0 Å². The zero-order valence-corrected chi connectivity index (χ0v) is 37.7. The second kappa shape index (κ2) is 18.0. The fourth-order valence-corrected chi connectivity index (χ4v) is 9.36. The van der Waals surface area contributed by atoms with Gasteiger partial charge in [0.2, 0.25) is 0 Å². The molecule has 0 saturated heterocycles. The second-order valence-corrected chi connectivity index (χ2v) is 17.2. The van der Waals surface area contributed by atoms with Crippen molar-refractivity contribution in [2.45, 2.75) is 79.6 Å². The van der Waals surface area contributed by atoms with E-state index in [0.29, 0.717) is 0 Å². The van der Waals surface area contributed by atoms with E-state index in [1.165, 1.54) is 78.8 Å². The van der Waals surface area contributed by atoms with E-state index in [1.54, 1.807) is 0 Å². The van der Waals surface area contributed by atoms with Gasteiger partial charge in [0.05, 0.1) is 5.41 Å². The summed E-state index contributed by atoms with van der Waals surface area (Å²) in [4.78, 5) is 2.43. The van der Waals surface area contributed by atoms with Gasteiger partial charge >= 0.3 is 0 Å². The highest BCUT2D eigenvalue weighted by molar-refractivity contribution is 5.90. The number of aryl methyl sites for hydroxylation is 2. The van der Waals surface area contributed by atoms with Gasteiger partial charge in [0.25, 0.3) is 0 Å². The van der Waals surface area contributed by atoms with Crippen LogP contribution in [0.4, 0.5) is 17.1 Å². The highest BCUT2D eigenvalue weighted by atomic mass is 15.1. The molecule has 6 aromatic rings. The maximum Gasteiger partial charge on any atom is 0.0714 e. The molecule has 1 nitrogen and oxygen atoms in total. The molecule has 1 unspecified atom stereocenters. The highest BCUT2D eigenvalue weighted by Gasteiger charge is 2.46. The molecule has 0 fully saturated rings. The third-order valence-corrected chi connectivity index (χ3v) is 12.3. The average Bonchev–Trinajstić information content (AvgIpc) is 3.69. The maximum absolute atomic E-state index is 4.41. The van der Waals surface area contributed by atoms with E-state index >= 15 is 0 Å². The monoisotopic (exact) mass is 795 g/mol. The van der Waals surface area contributed by atoms with Crippen LogP contribution in [0.25, 0.3) is 22.8 Å². The van der Waals surface area contributed by atoms with Crippen molar-refractivity contribution in [3.63, 3.8) is 0 Å². The molecule has 6 aromatic carbocycles. The molecule has 0 aromatic heterocycles. The van der Waals surface area contributed by atoms with Crippen LogP contribution in [-0.2, 0) is 10.8 Å². The van der Waals surface area contributed by atoms with E-state index in [1.807, 2.05) is 6.08 Å². The summed E-state index contributed by atoms with van der Waals surface area (Å²) in [6.07, 6.45) is 16.8. The summed E-state index contributed by atoms with van der Waals surface area (Å²) < 4.78 is 0. The number of fused-ring (bicyclic) bond motifs is 4. The molecule has 306 valence electrons. The van der Waals surface area contributed by atoms with E-state index in [9.17, 15) is 0 Å². The smallest absolute Gasteiger partial charge is 0.0714 e. The standard InChI is InChI=1S/C57H53N.C3H8/c1-9-11-22-43(10-2)57(44-23-13-12-14-24-44)54-28-18-17-27-51(54)52-33-30-48(38-55(52)57)58(46-25-19-20-40(5)35-46)47-31-34-53-42(37-47)36-45(56(53,7)8)29-32-49(39(3)4)50-26-16-15-21-41(50)6;1-3-2/h9-38H,2H2,1,3-8H3;3H2,1-2H3/b11-9-,32-29-,43-22+;. The largest absolute Gasteiger partial charge is 0.310 e. The van der Waals surface area contributed by atoms with Crippen molar-refractivity contribution in [3.8, 4) is 11.1 Å². The molecule has 0 spiro atoms. The van der Waals surface area contributed by atoms with E-state index in [0.717, 1.165) is 22.6 Å². The summed E-state index contributed by atoms with van der Waals surface area (Å²) in [5.74, 6) is 0. The number of anilines is 3. The number of nitrogens with zero attached hydrogens (tertiary/aromatic N) is 1. The molecule has 0 aliphatic heterocycles. The molecule has 0 N–H and O–H groups in total. The number of allylic oxidation sites excluding steroid dienone is 10. The number of hydrogen-bond donors (Lipinski definition) is 0. The number of rotatable bonds is 10. The van der Waals surface area contributed by atoms with Gasteiger partial charge in [-0.2, -0.15) is 0 Å². The first-order valence-electron chi connectivity index (χ1n) is 21.9. The summed E-state index contributed by atoms with van der Waals surface area (Å²) in [6.45, 7) is 24.2. The fraction of sp³-hybridized carbons (Fsp3) is 0.200. The first-order valence-corrected chi connectivity index (χ1v) is 21.9. The molecule has 0 amide bonds. The molecule has 0 radical (unpaired) electrons. The molecular formula is C60H61N. The van der Waals surface area contributed by atoms with E-state index in [-0.39, 0.29) is 5.41 Å². The Hall–Kier alpha value is -6.44. The quantitative estimate of drug-likeness (QED) is 0.125. The average molecular weight is 796 g/mol. The van der Waals surface area contributed by atoms with Crippen LogP contribution in [0.5, 0.6) is 0 Å². The summed E-state index contributed by atoms with van der Waals surface area (Å²) in [5.41, 5.74) is 20.3. The van der Waals surface area contributed by atoms with E-state index < -0.39 is 5.41 Å². The Bertz CT molecular complexity index is 2720. The predicted molar refractivity (Wildman–Crippen MR) is 266 cm³/mol. The van der Waals surface area contributed by atoms with Crippen molar-refractivity contribution >= 4 is 28.7 Å². The summed E-state index contributed by atoms with van der Waals surface area (Å²) in [5, 5.41) is 0. The predicted octanol–water partition coefficient (Wildman–Crippen LogP) is 16.9. The van der Waals surface area contributed by atoms with Crippen LogP contribution in [0.1, 0.15) is 99.4 Å². The van der Waals surface area contributed by atoms with Crippen LogP contribution in [0.15, 0.2) is 199 Å². The summed E-state index contributed by atoms with van der Waals surface area (Å²) >= 11 is 0. The van der Waals surface area contributed by atoms with Crippen molar-refractivity contribution < 1.29 is 0 Å². The lowest BCUT2D eigenvalue weighted by atomic mass is 9.67. The van der Waals surface area contributed by atoms with Crippen molar-refractivity contribution in [3.05, 3.63) is 244 Å². The number of benzene rings is 6. The van der Waals surface area contributed by atoms with E-state index in [2.05, 4.69) is 250 Å². The maximum atomic E-state index is 4.41. The minimum absolute atomic E-state index is 0.147. The lowest BCUT2D eigenvalue weighted by Gasteiger charge is -2.35. The van der Waals surface area contributed by atoms with Gasteiger partial charge in [-0.25, -0.2) is 0 Å². The molecule has 61 heavy (non-hydrogen) atoms. The fourth-order valence-electron chi connectivity index (χ4n) is 9.36. The van der Waals surface area contributed by atoms with Gasteiger partial charge in [0.15, 0.2) is 0 Å². The van der Waals surface area contributed by atoms with Gasteiger partial charge in [-0.3, -0.25) is 0 Å². The summed E-state index contributed by atoms with van der Waals surface area (Å²) in [7, 11) is 0. The van der Waals surface area contributed by atoms with E-state index in [4.69, 9.17) is 0 Å². The summed E-state index contributed by atoms with van der Waals surface area (Å²) in [6, 6.07) is 51.5. The third-order valence-electron chi connectivity index (χ3n) is 12.3. The van der Waals surface area contributed by atoms with Crippen LogP contribution < -0.4 is 4.90 Å². The van der Waals surface area contributed by atoms with Crippen molar-refractivity contribution in [1.29, 1.82) is 0 Å². The Balaban J connectivity index is 0.00000182. The van der Waals surface area contributed by atoms with Crippen molar-refractivity contribution in [2.24, 2.45) is 0 Å². The Morgan fingerprint density at radius 1 is 0.672 bits per heavy atom. The highest BCUT2D eigenvalue weighted by Crippen LogP contribution is 2.58. The lowest BCUT2D eigenvalue weighted by Crippen LogP contribution is -2.29. The molecule has 1 atom stereocenters. The topological polar surface area (TPSA) is 3.24 Å². The molecule has 2 aliphatic rings. The SMILES string of the molecule is C=C/C(=C\C=C/C)C1(c2ccccc2)c2ccccc2-c2ccc(N(c3cccc(C)c3)c3ccc4c(c3)C=C(/C=C\C(=C(C)C)c3ccccc3C)C4(C)C)cc21.CCC. The Labute approximate surface area is 366 Å². The first kappa shape index (κ1) is 42.7. The molecule has 1 heteroatoms. The van der Waals surface area contributed by atoms with Crippen LogP contribution in [0, 0.1) is 13.8 Å². The third kappa shape index (κ3) is 7.86. The number of hydrogen-bond acceptors (Lipinski definition) is 1. The van der Waals surface area contributed by atoms with Crippen molar-refractivity contribution in [2.75, 3.05) is 4.90 Å². The first-order chi connectivity index (χ1) is 29.5. The zero-order valence-electron chi connectivity index (χ0n) is 37.7. The molecular weight excluding hydrogens is 735 g/mol. The minimum atomic E-state index is -0.558. The molecule has 0 heterocycles. The lowest BCUT2D eigenvalue weighted by molar-refractivity contribution is 0.655. The van der Waals surface area contributed by atoms with Gasteiger partial charge in [-0.05, 0) is 143 Å². The zero-order chi connectivity index (χ0) is 43.3. The Morgan fingerprint density at radius 2 is 1.33 bits per heavy atom. The van der Waals surface area contributed by atoms with Gasteiger partial charge in [-0.15, -0.1) is 0 Å². The molecule has 0 bridgehead atoms. The molecule has 0 saturated carbocycles. The Morgan fingerprint density at radius 3 is 2.03 bits per heavy atom.